The summed E-state index contributed by atoms with van der Waals surface area (Å²) in [4.78, 5) is 0. The molecule has 0 aliphatic heterocycles. The lowest BCUT2D eigenvalue weighted by atomic mass is 9.88. The van der Waals surface area contributed by atoms with E-state index in [2.05, 4.69) is 82.2 Å². The first-order chi connectivity index (χ1) is 13.4. The van der Waals surface area contributed by atoms with E-state index in [-0.39, 0.29) is 0 Å². The molecule has 3 nitrogen and oxygen atoms in total. The van der Waals surface area contributed by atoms with Gasteiger partial charge in [0.1, 0.15) is 5.82 Å². The second-order valence-corrected chi connectivity index (χ2v) is 7.03. The molecule has 0 bridgehead atoms. The number of hydrogen-bond acceptors (Lipinski definition) is 2. The maximum absolute atomic E-state index is 4.22. The lowest BCUT2D eigenvalue weighted by Gasteiger charge is -2.17. The van der Waals surface area contributed by atoms with E-state index in [1.54, 1.807) is 0 Å². The maximum Gasteiger partial charge on any atom is 0.147 e. The fourth-order valence-electron chi connectivity index (χ4n) is 4.42. The van der Waals surface area contributed by atoms with Gasteiger partial charge < -0.3 is 5.32 Å². The molecule has 0 unspecified atom stereocenters. The van der Waals surface area contributed by atoms with Crippen molar-refractivity contribution in [2.24, 2.45) is 0 Å². The van der Waals surface area contributed by atoms with Gasteiger partial charge in [0, 0.05) is 12.7 Å². The van der Waals surface area contributed by atoms with Gasteiger partial charge in [-0.05, 0) is 54.7 Å². The van der Waals surface area contributed by atoms with Gasteiger partial charge in [-0.1, -0.05) is 66.7 Å². The smallest absolute Gasteiger partial charge is 0.147 e. The highest BCUT2D eigenvalue weighted by Gasteiger charge is 2.15. The van der Waals surface area contributed by atoms with Gasteiger partial charge in [0.2, 0.25) is 0 Å². The van der Waals surface area contributed by atoms with Crippen molar-refractivity contribution in [2.75, 3.05) is 5.32 Å². The van der Waals surface area contributed by atoms with Crippen molar-refractivity contribution < 1.29 is 0 Å². The largest absolute Gasteiger partial charge is 0.365 e. The van der Waals surface area contributed by atoms with Crippen molar-refractivity contribution in [1.29, 1.82) is 0 Å². The minimum atomic E-state index is 0.739. The van der Waals surface area contributed by atoms with Crippen LogP contribution >= 0.6 is 0 Å². The molecule has 128 valence electrons. The minimum Gasteiger partial charge on any atom is -0.365 e. The number of anilines is 1. The Kier molecular flexibility index (Phi) is 2.94. The number of H-pyrrole nitrogens is 1. The Morgan fingerprint density at radius 2 is 1.37 bits per heavy atom. The van der Waals surface area contributed by atoms with Crippen LogP contribution in [-0.4, -0.2) is 10.2 Å². The van der Waals surface area contributed by atoms with Gasteiger partial charge in [-0.2, -0.15) is 5.10 Å². The molecule has 3 heteroatoms. The van der Waals surface area contributed by atoms with Gasteiger partial charge in [-0.3, -0.25) is 5.10 Å². The monoisotopic (exact) mass is 347 g/mol. The van der Waals surface area contributed by atoms with E-state index in [1.165, 1.54) is 48.7 Å². The molecular weight excluding hydrogens is 330 g/mol. The molecule has 6 rings (SSSR count). The van der Waals surface area contributed by atoms with E-state index in [9.17, 15) is 0 Å². The average molecular weight is 347 g/mol. The van der Waals surface area contributed by atoms with Crippen LogP contribution in [0.15, 0.2) is 79.0 Å². The fourth-order valence-corrected chi connectivity index (χ4v) is 4.42. The van der Waals surface area contributed by atoms with E-state index >= 15 is 0 Å². The number of fused-ring (bicyclic) bond motifs is 2. The van der Waals surface area contributed by atoms with Gasteiger partial charge >= 0.3 is 0 Å². The highest BCUT2D eigenvalue weighted by molar-refractivity contribution is 6.33. The Labute approximate surface area is 156 Å². The highest BCUT2D eigenvalue weighted by Crippen LogP contribution is 2.41. The summed E-state index contributed by atoms with van der Waals surface area (Å²) < 4.78 is 0. The summed E-state index contributed by atoms with van der Waals surface area (Å²) in [5.41, 5.74) is 1.29. The molecule has 5 aromatic carbocycles. The summed E-state index contributed by atoms with van der Waals surface area (Å²) in [5.74, 6) is 0.866. The van der Waals surface area contributed by atoms with E-state index in [0.717, 1.165) is 12.4 Å². The Morgan fingerprint density at radius 3 is 2.11 bits per heavy atom. The maximum atomic E-state index is 4.22. The fraction of sp³-hybridized carbons (Fsp3) is 0.0417. The number of nitrogens with one attached hydrogen (secondary N) is 2. The van der Waals surface area contributed by atoms with E-state index in [1.807, 2.05) is 12.3 Å². The lowest BCUT2D eigenvalue weighted by Crippen LogP contribution is -2.01. The number of hydrogen-bond donors (Lipinski definition) is 2. The third-order valence-corrected chi connectivity index (χ3v) is 5.56. The summed E-state index contributed by atoms with van der Waals surface area (Å²) in [5, 5.41) is 21.1. The Bertz CT molecular complexity index is 1410. The Balaban J connectivity index is 1.75. The van der Waals surface area contributed by atoms with E-state index in [4.69, 9.17) is 0 Å². The van der Waals surface area contributed by atoms with Crippen LogP contribution in [0.1, 0.15) is 5.56 Å². The second kappa shape index (κ2) is 5.45. The zero-order valence-electron chi connectivity index (χ0n) is 14.7. The van der Waals surface area contributed by atoms with Crippen molar-refractivity contribution in [3.05, 3.63) is 84.6 Å². The number of aromatic amines is 1. The summed E-state index contributed by atoms with van der Waals surface area (Å²) in [6.07, 6.45) is 1.84. The molecule has 1 heterocycles. The molecule has 0 aliphatic rings. The SMILES string of the molecule is c1cc2cccc3c4c(CNc5cc[nH]n5)ccc5cccc(c(c1)c23)c54. The van der Waals surface area contributed by atoms with Gasteiger partial charge in [0.15, 0.2) is 0 Å². The van der Waals surface area contributed by atoms with Crippen molar-refractivity contribution in [3.8, 4) is 0 Å². The van der Waals surface area contributed by atoms with Crippen LogP contribution in [0.2, 0.25) is 0 Å². The third kappa shape index (κ3) is 2.05. The second-order valence-electron chi connectivity index (χ2n) is 7.03. The van der Waals surface area contributed by atoms with Gasteiger partial charge in [-0.15, -0.1) is 0 Å². The van der Waals surface area contributed by atoms with Crippen LogP contribution in [0.5, 0.6) is 0 Å². The number of nitrogens with zero attached hydrogens (tertiary/aromatic N) is 1. The lowest BCUT2D eigenvalue weighted by molar-refractivity contribution is 1.05. The Morgan fingerprint density at radius 1 is 0.667 bits per heavy atom. The molecule has 0 saturated carbocycles. The van der Waals surface area contributed by atoms with Gasteiger partial charge in [0.05, 0.1) is 0 Å². The molecular formula is C24H17N3. The first-order valence-electron chi connectivity index (χ1n) is 9.21. The zero-order valence-corrected chi connectivity index (χ0v) is 14.7. The molecule has 0 atom stereocenters. The quantitative estimate of drug-likeness (QED) is 0.301. The molecule has 0 amide bonds. The van der Waals surface area contributed by atoms with E-state index in [0.29, 0.717) is 0 Å². The first kappa shape index (κ1) is 14.6. The van der Waals surface area contributed by atoms with Crippen molar-refractivity contribution in [3.63, 3.8) is 0 Å². The molecule has 1 aromatic heterocycles. The van der Waals surface area contributed by atoms with Crippen LogP contribution in [0.3, 0.4) is 0 Å². The predicted octanol–water partition coefficient (Wildman–Crippen LogP) is 6.07. The molecule has 0 spiro atoms. The minimum absolute atomic E-state index is 0.739. The average Bonchev–Trinajstić information content (AvgIpc) is 3.24. The molecule has 0 aliphatic carbocycles. The van der Waals surface area contributed by atoms with Crippen molar-refractivity contribution in [2.45, 2.75) is 6.54 Å². The van der Waals surface area contributed by atoms with Crippen LogP contribution in [0, 0.1) is 0 Å². The normalized spacial score (nSPS) is 11.9. The highest BCUT2D eigenvalue weighted by atomic mass is 15.2. The molecule has 6 aromatic rings. The summed E-state index contributed by atoms with van der Waals surface area (Å²) in [6, 6.07) is 26.3. The predicted molar refractivity (Wildman–Crippen MR) is 114 cm³/mol. The molecule has 0 radical (unpaired) electrons. The number of benzene rings is 5. The van der Waals surface area contributed by atoms with Crippen LogP contribution in [-0.2, 0) is 6.54 Å². The first-order valence-corrected chi connectivity index (χ1v) is 9.21. The summed E-state index contributed by atoms with van der Waals surface area (Å²) >= 11 is 0. The van der Waals surface area contributed by atoms with E-state index < -0.39 is 0 Å². The molecule has 2 N–H and O–H groups in total. The topological polar surface area (TPSA) is 40.7 Å². The molecule has 27 heavy (non-hydrogen) atoms. The third-order valence-electron chi connectivity index (χ3n) is 5.56. The van der Waals surface area contributed by atoms with Crippen LogP contribution in [0.25, 0.3) is 43.1 Å². The summed E-state index contributed by atoms with van der Waals surface area (Å²) in [7, 11) is 0. The molecule has 0 fully saturated rings. The summed E-state index contributed by atoms with van der Waals surface area (Å²) in [6.45, 7) is 0.739. The zero-order chi connectivity index (χ0) is 17.8. The number of rotatable bonds is 3. The van der Waals surface area contributed by atoms with Crippen molar-refractivity contribution in [1.82, 2.24) is 10.2 Å². The van der Waals surface area contributed by atoms with Gasteiger partial charge in [-0.25, -0.2) is 0 Å². The van der Waals surface area contributed by atoms with Crippen molar-refractivity contribution >= 4 is 48.9 Å². The van der Waals surface area contributed by atoms with Gasteiger partial charge in [0.25, 0.3) is 0 Å². The standard InChI is InChI=1S/C24H17N3/c1-4-15-5-3-9-20-22(15)18(7-1)19-8-2-6-16-10-11-17(24(20)23(16)19)14-25-21-12-13-26-27-21/h1-13H,14H2,(H2,25,26,27). The van der Waals surface area contributed by atoms with Crippen LogP contribution in [0.4, 0.5) is 5.82 Å². The number of aromatic nitrogens is 2. The molecule has 0 saturated heterocycles. The Hall–Kier alpha value is -3.59. The van der Waals surface area contributed by atoms with Crippen LogP contribution < -0.4 is 5.32 Å².